The second-order valence-corrected chi connectivity index (χ2v) is 8.90. The quantitative estimate of drug-likeness (QED) is 0.128. The molecule has 0 aliphatic carbocycles. The number of amides is 4. The number of carbonyl (C=O) groups excluding carboxylic acids is 4. The largest absolute Gasteiger partial charge is 0.508 e. The van der Waals surface area contributed by atoms with E-state index in [1.807, 2.05) is 19.2 Å². The number of aliphatic carboxylic acids is 2. The number of carbonyl (C=O) groups is 6. The first-order valence-electron chi connectivity index (χ1n) is 11.4. The number of hydrogen-bond acceptors (Lipinski definition) is 8. The molecule has 4 unspecified atom stereocenters. The van der Waals surface area contributed by atoms with Crippen LogP contribution in [0.4, 0.5) is 0 Å². The number of hydrogen-bond donors (Lipinski definition) is 8. The van der Waals surface area contributed by atoms with Gasteiger partial charge in [0.25, 0.3) is 0 Å². The fourth-order valence-corrected chi connectivity index (χ4v) is 3.30. The van der Waals surface area contributed by atoms with Crippen molar-refractivity contribution < 1.29 is 44.1 Å². The number of phenols is 1. The lowest BCUT2D eigenvalue weighted by Gasteiger charge is -2.25. The van der Waals surface area contributed by atoms with Gasteiger partial charge in [-0.25, -0.2) is 4.79 Å². The van der Waals surface area contributed by atoms with Crippen molar-refractivity contribution in [3.63, 3.8) is 0 Å². The van der Waals surface area contributed by atoms with E-state index in [0.29, 0.717) is 12.0 Å². The molecule has 0 saturated heterocycles. The van der Waals surface area contributed by atoms with Crippen LogP contribution in [0.2, 0.25) is 0 Å². The lowest BCUT2D eigenvalue weighted by molar-refractivity contribution is -0.147. The highest BCUT2D eigenvalue weighted by atomic mass is 16.4. The standard InChI is InChI=1S/C23H33N5O9/c1-11(2)7-14(24)20(33)26-15(8-12-3-5-13(29)6-4-12)21(34)27-16(9-18(25)30)22(35)28-17(23(36)37)10-19(31)32/h3-6,11,14-17,29H,7-10,24H2,1-2H3,(H2,25,30)(H,26,33)(H,27,34)(H,28,35)(H,31,32)(H,36,37). The number of rotatable bonds is 15. The number of primary amides is 1. The van der Waals surface area contributed by atoms with E-state index in [2.05, 4.69) is 10.6 Å². The Hall–Kier alpha value is -4.20. The first-order chi connectivity index (χ1) is 17.2. The Kier molecular flexibility index (Phi) is 12.0. The Morgan fingerprint density at radius 1 is 0.811 bits per heavy atom. The highest BCUT2D eigenvalue weighted by Crippen LogP contribution is 2.12. The SMILES string of the molecule is CC(C)CC(N)C(=O)NC(Cc1ccc(O)cc1)C(=O)NC(CC(N)=O)C(=O)NC(CC(=O)O)C(=O)O. The van der Waals surface area contributed by atoms with Crippen LogP contribution >= 0.6 is 0 Å². The average molecular weight is 524 g/mol. The van der Waals surface area contributed by atoms with Crippen molar-refractivity contribution in [2.45, 2.75) is 63.7 Å². The molecule has 10 N–H and O–H groups in total. The molecule has 0 bridgehead atoms. The van der Waals surface area contributed by atoms with Crippen LogP contribution in [0, 0.1) is 5.92 Å². The Morgan fingerprint density at radius 3 is 1.81 bits per heavy atom. The van der Waals surface area contributed by atoms with Gasteiger partial charge >= 0.3 is 11.9 Å². The van der Waals surface area contributed by atoms with Crippen LogP contribution in [0.1, 0.15) is 38.7 Å². The van der Waals surface area contributed by atoms with Gasteiger partial charge in [-0.15, -0.1) is 0 Å². The fourth-order valence-electron chi connectivity index (χ4n) is 3.30. The van der Waals surface area contributed by atoms with E-state index in [4.69, 9.17) is 21.7 Å². The number of carboxylic acids is 2. The van der Waals surface area contributed by atoms with Crippen LogP contribution < -0.4 is 27.4 Å². The third-order valence-corrected chi connectivity index (χ3v) is 5.10. The van der Waals surface area contributed by atoms with Crippen molar-refractivity contribution in [3.05, 3.63) is 29.8 Å². The third-order valence-electron chi connectivity index (χ3n) is 5.10. The molecule has 1 aromatic rings. The molecule has 4 atom stereocenters. The van der Waals surface area contributed by atoms with Crippen molar-refractivity contribution in [3.8, 4) is 5.75 Å². The molecule has 37 heavy (non-hydrogen) atoms. The third kappa shape index (κ3) is 11.4. The number of nitrogens with two attached hydrogens (primary N) is 2. The molecule has 0 aliphatic heterocycles. The van der Waals surface area contributed by atoms with Crippen LogP contribution in [0.5, 0.6) is 5.75 Å². The van der Waals surface area contributed by atoms with Crippen molar-refractivity contribution in [2.75, 3.05) is 0 Å². The second kappa shape index (κ2) is 14.4. The van der Waals surface area contributed by atoms with Gasteiger partial charge < -0.3 is 42.7 Å². The number of benzene rings is 1. The summed E-state index contributed by atoms with van der Waals surface area (Å²) in [5.41, 5.74) is 11.6. The highest BCUT2D eigenvalue weighted by Gasteiger charge is 2.32. The molecule has 0 heterocycles. The zero-order chi connectivity index (χ0) is 28.3. The molecule has 0 fully saturated rings. The monoisotopic (exact) mass is 523 g/mol. The zero-order valence-electron chi connectivity index (χ0n) is 20.5. The minimum absolute atomic E-state index is 0.0275. The summed E-state index contributed by atoms with van der Waals surface area (Å²) in [6, 6.07) is 0.0329. The molecule has 204 valence electrons. The zero-order valence-corrected chi connectivity index (χ0v) is 20.5. The van der Waals surface area contributed by atoms with Crippen molar-refractivity contribution in [2.24, 2.45) is 17.4 Å². The lowest BCUT2D eigenvalue weighted by Crippen LogP contribution is -2.58. The Bertz CT molecular complexity index is 997. The van der Waals surface area contributed by atoms with Crippen LogP contribution in [0.15, 0.2) is 24.3 Å². The average Bonchev–Trinajstić information content (AvgIpc) is 2.77. The summed E-state index contributed by atoms with van der Waals surface area (Å²) >= 11 is 0. The normalized spacial score (nSPS) is 14.1. The van der Waals surface area contributed by atoms with Crippen LogP contribution in [-0.4, -0.2) is 75.1 Å². The van der Waals surface area contributed by atoms with Crippen LogP contribution in [-0.2, 0) is 35.2 Å². The van der Waals surface area contributed by atoms with Crippen LogP contribution in [0.25, 0.3) is 0 Å². The molecule has 0 aromatic heterocycles. The van der Waals surface area contributed by atoms with Gasteiger partial charge in [0.05, 0.1) is 18.9 Å². The summed E-state index contributed by atoms with van der Waals surface area (Å²) < 4.78 is 0. The van der Waals surface area contributed by atoms with Crippen LogP contribution in [0.3, 0.4) is 0 Å². The van der Waals surface area contributed by atoms with Gasteiger partial charge in [-0.05, 0) is 30.0 Å². The molecule has 0 spiro atoms. The van der Waals surface area contributed by atoms with E-state index in [1.165, 1.54) is 24.3 Å². The predicted octanol–water partition coefficient (Wildman–Crippen LogP) is -1.80. The number of aromatic hydroxyl groups is 1. The maximum Gasteiger partial charge on any atom is 0.326 e. The summed E-state index contributed by atoms with van der Waals surface area (Å²) in [5.74, 6) is -6.81. The highest BCUT2D eigenvalue weighted by molar-refractivity contribution is 5.96. The molecule has 0 radical (unpaired) electrons. The first-order valence-corrected chi connectivity index (χ1v) is 11.4. The molecular weight excluding hydrogens is 490 g/mol. The molecule has 4 amide bonds. The topological polar surface area (TPSA) is 251 Å². The Morgan fingerprint density at radius 2 is 1.32 bits per heavy atom. The van der Waals surface area contributed by atoms with Gasteiger partial charge in [0.1, 0.15) is 23.9 Å². The van der Waals surface area contributed by atoms with E-state index in [0.717, 1.165) is 0 Å². The molecule has 1 aromatic carbocycles. The van der Waals surface area contributed by atoms with Crippen molar-refractivity contribution >= 4 is 35.6 Å². The second-order valence-electron chi connectivity index (χ2n) is 8.90. The Balaban J connectivity index is 3.16. The number of carboxylic acid groups (broad SMARTS) is 2. The van der Waals surface area contributed by atoms with E-state index in [-0.39, 0.29) is 18.1 Å². The molecule has 1 rings (SSSR count). The van der Waals surface area contributed by atoms with Crippen molar-refractivity contribution in [1.82, 2.24) is 16.0 Å². The molecule has 0 aliphatic rings. The summed E-state index contributed by atoms with van der Waals surface area (Å²) in [6.07, 6.45) is -1.45. The Labute approximate surface area is 212 Å². The lowest BCUT2D eigenvalue weighted by atomic mass is 10.0. The molecular formula is C23H33N5O9. The van der Waals surface area contributed by atoms with Gasteiger partial charge in [0, 0.05) is 6.42 Å². The number of phenolic OH excluding ortho intramolecular Hbond substituents is 1. The minimum Gasteiger partial charge on any atom is -0.508 e. The van der Waals surface area contributed by atoms with E-state index >= 15 is 0 Å². The number of nitrogens with one attached hydrogen (secondary N) is 3. The summed E-state index contributed by atoms with van der Waals surface area (Å²) in [4.78, 5) is 72.1. The molecule has 0 saturated carbocycles. The maximum absolute atomic E-state index is 13.1. The maximum atomic E-state index is 13.1. The van der Waals surface area contributed by atoms with E-state index in [9.17, 15) is 33.9 Å². The van der Waals surface area contributed by atoms with Gasteiger partial charge in [-0.1, -0.05) is 26.0 Å². The summed E-state index contributed by atoms with van der Waals surface area (Å²) in [6.45, 7) is 3.71. The minimum atomic E-state index is -1.83. The smallest absolute Gasteiger partial charge is 0.326 e. The first kappa shape index (κ1) is 30.8. The fraction of sp³-hybridized carbons (Fsp3) is 0.478. The summed E-state index contributed by atoms with van der Waals surface area (Å²) in [5, 5.41) is 34.3. The van der Waals surface area contributed by atoms with Crippen molar-refractivity contribution in [1.29, 1.82) is 0 Å². The van der Waals surface area contributed by atoms with E-state index in [1.54, 1.807) is 0 Å². The molecule has 14 nitrogen and oxygen atoms in total. The van der Waals surface area contributed by atoms with Gasteiger partial charge in [-0.2, -0.15) is 0 Å². The van der Waals surface area contributed by atoms with E-state index < -0.39 is 72.6 Å². The van der Waals surface area contributed by atoms with Gasteiger partial charge in [0.15, 0.2) is 0 Å². The van der Waals surface area contributed by atoms with Gasteiger partial charge in [0.2, 0.25) is 23.6 Å². The summed E-state index contributed by atoms with van der Waals surface area (Å²) in [7, 11) is 0. The predicted molar refractivity (Wildman–Crippen MR) is 129 cm³/mol. The molecule has 14 heteroatoms. The van der Waals surface area contributed by atoms with Gasteiger partial charge in [-0.3, -0.25) is 24.0 Å².